The van der Waals surface area contributed by atoms with Crippen molar-refractivity contribution in [3.63, 3.8) is 0 Å². The van der Waals surface area contributed by atoms with Gasteiger partial charge in [0.2, 0.25) is 0 Å². The van der Waals surface area contributed by atoms with Crippen molar-refractivity contribution in [1.82, 2.24) is 0 Å². The molecule has 0 aliphatic heterocycles. The van der Waals surface area contributed by atoms with E-state index in [9.17, 15) is 0 Å². The largest absolute Gasteiger partial charge is 0.497 e. The summed E-state index contributed by atoms with van der Waals surface area (Å²) in [6, 6.07) is 9.99. The molecule has 1 aromatic heterocycles. The van der Waals surface area contributed by atoms with Crippen molar-refractivity contribution in [2.75, 3.05) is 25.4 Å². The third-order valence-corrected chi connectivity index (χ3v) is 4.52. The van der Waals surface area contributed by atoms with E-state index in [1.54, 1.807) is 25.6 Å². The Morgan fingerprint density at radius 1 is 1.21 bits per heavy atom. The van der Waals surface area contributed by atoms with E-state index in [0.717, 1.165) is 28.8 Å². The average Bonchev–Trinajstić information content (AvgIpc) is 2.96. The fraction of sp³-hybridized carbons (Fsp3) is 0.286. The molecular formula is C14H17NO2S2. The van der Waals surface area contributed by atoms with Gasteiger partial charge in [0.05, 0.1) is 25.8 Å². The highest BCUT2D eigenvalue weighted by molar-refractivity contribution is 7.98. The van der Waals surface area contributed by atoms with Gasteiger partial charge in [-0.3, -0.25) is 0 Å². The summed E-state index contributed by atoms with van der Waals surface area (Å²) in [4.78, 5) is 1.39. The molecule has 0 bridgehead atoms. The molecule has 19 heavy (non-hydrogen) atoms. The van der Waals surface area contributed by atoms with Crippen molar-refractivity contribution >= 4 is 28.8 Å². The van der Waals surface area contributed by atoms with Crippen LogP contribution in [0, 0.1) is 0 Å². The minimum Gasteiger partial charge on any atom is -0.497 e. The molecule has 2 aromatic rings. The van der Waals surface area contributed by atoms with Gasteiger partial charge in [-0.1, -0.05) is 6.07 Å². The maximum Gasteiger partial charge on any atom is 0.142 e. The molecule has 0 atom stereocenters. The minimum atomic E-state index is 0.826. The molecule has 1 aromatic carbocycles. The zero-order chi connectivity index (χ0) is 13.5. The van der Waals surface area contributed by atoms with E-state index in [4.69, 9.17) is 9.47 Å². The van der Waals surface area contributed by atoms with Crippen molar-refractivity contribution in [3.8, 4) is 11.5 Å². The molecule has 0 saturated carbocycles. The zero-order valence-corrected chi connectivity index (χ0v) is 12.6. The number of methoxy groups -OCH3 is 2. The standard InChI is InChI=1S/C14H17NO2S2/c1-16-11-5-6-14(17-2)13(8-11)15-10-18-9-12-4-3-7-19-12/h3-8,15H,9-10H2,1-2H3. The molecular weight excluding hydrogens is 278 g/mol. The fourth-order valence-electron chi connectivity index (χ4n) is 1.63. The summed E-state index contributed by atoms with van der Waals surface area (Å²) in [5, 5.41) is 5.47. The van der Waals surface area contributed by atoms with Crippen LogP contribution in [0.15, 0.2) is 35.7 Å². The highest BCUT2D eigenvalue weighted by Gasteiger charge is 2.04. The topological polar surface area (TPSA) is 30.5 Å². The van der Waals surface area contributed by atoms with Gasteiger partial charge >= 0.3 is 0 Å². The zero-order valence-electron chi connectivity index (χ0n) is 11.0. The Morgan fingerprint density at radius 2 is 2.11 bits per heavy atom. The monoisotopic (exact) mass is 295 g/mol. The first-order chi connectivity index (χ1) is 9.33. The summed E-state index contributed by atoms with van der Waals surface area (Å²) in [7, 11) is 3.34. The van der Waals surface area contributed by atoms with Crippen molar-refractivity contribution in [1.29, 1.82) is 0 Å². The summed E-state index contributed by atoms with van der Waals surface area (Å²) in [6.07, 6.45) is 0. The van der Waals surface area contributed by atoms with Crippen LogP contribution < -0.4 is 14.8 Å². The molecule has 102 valence electrons. The van der Waals surface area contributed by atoms with E-state index < -0.39 is 0 Å². The molecule has 1 N–H and O–H groups in total. The average molecular weight is 295 g/mol. The Bertz CT molecular complexity index is 500. The predicted octanol–water partition coefficient (Wildman–Crippen LogP) is 4.07. The Morgan fingerprint density at radius 3 is 2.79 bits per heavy atom. The first kappa shape index (κ1) is 14.1. The predicted molar refractivity (Wildman–Crippen MR) is 83.6 cm³/mol. The number of nitrogens with one attached hydrogen (secondary N) is 1. The van der Waals surface area contributed by atoms with Gasteiger partial charge in [0.1, 0.15) is 11.5 Å². The van der Waals surface area contributed by atoms with Crippen LogP contribution in [-0.4, -0.2) is 20.1 Å². The molecule has 0 amide bonds. The maximum absolute atomic E-state index is 5.32. The van der Waals surface area contributed by atoms with Crippen LogP contribution in [0.3, 0.4) is 0 Å². The number of benzene rings is 1. The smallest absolute Gasteiger partial charge is 0.142 e. The van der Waals surface area contributed by atoms with E-state index in [2.05, 4.69) is 22.8 Å². The quantitative estimate of drug-likeness (QED) is 0.616. The molecule has 1 heterocycles. The van der Waals surface area contributed by atoms with Crippen LogP contribution in [0.2, 0.25) is 0 Å². The molecule has 3 nitrogen and oxygen atoms in total. The lowest BCUT2D eigenvalue weighted by Crippen LogP contribution is -2.00. The van der Waals surface area contributed by atoms with Gasteiger partial charge in [-0.25, -0.2) is 0 Å². The van der Waals surface area contributed by atoms with Gasteiger partial charge in [-0.05, 0) is 23.6 Å². The minimum absolute atomic E-state index is 0.826. The molecule has 0 fully saturated rings. The van der Waals surface area contributed by atoms with E-state index in [0.29, 0.717) is 0 Å². The number of anilines is 1. The van der Waals surface area contributed by atoms with E-state index in [1.165, 1.54) is 4.88 Å². The van der Waals surface area contributed by atoms with Gasteiger partial charge in [0.25, 0.3) is 0 Å². The van der Waals surface area contributed by atoms with E-state index >= 15 is 0 Å². The normalized spacial score (nSPS) is 10.2. The second kappa shape index (κ2) is 7.31. The van der Waals surface area contributed by atoms with Gasteiger partial charge in [-0.2, -0.15) is 0 Å². The first-order valence-corrected chi connectivity index (χ1v) is 7.93. The summed E-state index contributed by atoms with van der Waals surface area (Å²) >= 11 is 3.63. The molecule has 0 aliphatic rings. The Labute approximate surface area is 121 Å². The third kappa shape index (κ3) is 4.08. The van der Waals surface area contributed by atoms with Crippen LogP contribution in [0.1, 0.15) is 4.88 Å². The summed E-state index contributed by atoms with van der Waals surface area (Å²) < 4.78 is 10.5. The number of thioether (sulfide) groups is 1. The summed E-state index contributed by atoms with van der Waals surface area (Å²) in [5.41, 5.74) is 0.959. The number of ether oxygens (including phenoxy) is 2. The van der Waals surface area contributed by atoms with Crippen molar-refractivity contribution in [3.05, 3.63) is 40.6 Å². The molecule has 0 aliphatic carbocycles. The molecule has 0 radical (unpaired) electrons. The summed E-state index contributed by atoms with van der Waals surface area (Å²) in [5.74, 6) is 3.52. The first-order valence-electron chi connectivity index (χ1n) is 5.89. The van der Waals surface area contributed by atoms with Crippen LogP contribution >= 0.6 is 23.1 Å². The second-order valence-electron chi connectivity index (χ2n) is 3.82. The Balaban J connectivity index is 1.87. The summed E-state index contributed by atoms with van der Waals surface area (Å²) in [6.45, 7) is 0. The molecule has 0 spiro atoms. The second-order valence-corrected chi connectivity index (χ2v) is 5.83. The van der Waals surface area contributed by atoms with E-state index in [1.807, 2.05) is 30.0 Å². The Hall–Kier alpha value is -1.33. The SMILES string of the molecule is COc1ccc(OC)c(NCSCc2cccs2)c1. The van der Waals surface area contributed by atoms with Crippen LogP contribution in [0.5, 0.6) is 11.5 Å². The molecule has 0 saturated heterocycles. The molecule has 0 unspecified atom stereocenters. The Kier molecular flexibility index (Phi) is 5.42. The van der Waals surface area contributed by atoms with Crippen molar-refractivity contribution in [2.45, 2.75) is 5.75 Å². The van der Waals surface area contributed by atoms with Gasteiger partial charge in [0, 0.05) is 16.7 Å². The number of hydrogen-bond acceptors (Lipinski definition) is 5. The third-order valence-electron chi connectivity index (χ3n) is 2.60. The van der Waals surface area contributed by atoms with Gasteiger partial charge < -0.3 is 14.8 Å². The van der Waals surface area contributed by atoms with Crippen LogP contribution in [-0.2, 0) is 5.75 Å². The number of thiophene rings is 1. The fourth-order valence-corrected chi connectivity index (χ4v) is 3.30. The van der Waals surface area contributed by atoms with Gasteiger partial charge in [-0.15, -0.1) is 23.1 Å². The van der Waals surface area contributed by atoms with Crippen molar-refractivity contribution in [2.24, 2.45) is 0 Å². The maximum atomic E-state index is 5.32. The number of hydrogen-bond donors (Lipinski definition) is 1. The van der Waals surface area contributed by atoms with Crippen molar-refractivity contribution < 1.29 is 9.47 Å². The highest BCUT2D eigenvalue weighted by Crippen LogP contribution is 2.29. The number of rotatable bonds is 7. The molecule has 5 heteroatoms. The van der Waals surface area contributed by atoms with Crippen LogP contribution in [0.25, 0.3) is 0 Å². The lowest BCUT2D eigenvalue weighted by Gasteiger charge is -2.12. The van der Waals surface area contributed by atoms with Gasteiger partial charge in [0.15, 0.2) is 0 Å². The van der Waals surface area contributed by atoms with E-state index in [-0.39, 0.29) is 0 Å². The molecule has 2 rings (SSSR count). The van der Waals surface area contributed by atoms with Crippen LogP contribution in [0.4, 0.5) is 5.69 Å². The lowest BCUT2D eigenvalue weighted by molar-refractivity contribution is 0.404. The lowest BCUT2D eigenvalue weighted by atomic mass is 10.3. The highest BCUT2D eigenvalue weighted by atomic mass is 32.2.